The number of ketones is 2. The average molecular weight is 477 g/mol. The highest BCUT2D eigenvalue weighted by atomic mass is 32.2. The van der Waals surface area contributed by atoms with Crippen LogP contribution in [-0.4, -0.2) is 36.6 Å². The molecule has 0 radical (unpaired) electrons. The minimum Gasteiger partial charge on any atom is -0.355 e. The van der Waals surface area contributed by atoms with Crippen molar-refractivity contribution in [3.05, 3.63) is 88.5 Å². The second kappa shape index (κ2) is 9.77. The van der Waals surface area contributed by atoms with E-state index in [1.165, 1.54) is 24.8 Å². The van der Waals surface area contributed by atoms with E-state index in [1.807, 2.05) is 34.9 Å². The normalized spacial score (nSPS) is 12.0. The number of aromatic nitrogens is 4. The molecule has 0 saturated heterocycles. The molecule has 0 aliphatic rings. The van der Waals surface area contributed by atoms with Crippen molar-refractivity contribution in [1.29, 1.82) is 0 Å². The monoisotopic (exact) mass is 476 g/mol. The van der Waals surface area contributed by atoms with Crippen molar-refractivity contribution in [2.75, 3.05) is 0 Å². The number of carbonyl (C=O) groups is 2. The van der Waals surface area contributed by atoms with E-state index in [-0.39, 0.29) is 17.4 Å². The van der Waals surface area contributed by atoms with Crippen LogP contribution in [0.25, 0.3) is 11.4 Å². The molecule has 1 atom stereocenters. The number of nitrogens with one attached hydrogen (secondary N) is 1. The molecule has 4 aromatic rings. The maximum atomic E-state index is 14.6. The Balaban J connectivity index is 1.69. The summed E-state index contributed by atoms with van der Waals surface area (Å²) in [6.45, 7) is 7.27. The Kier molecular flexibility index (Phi) is 6.79. The van der Waals surface area contributed by atoms with Crippen LogP contribution >= 0.6 is 11.8 Å². The predicted molar refractivity (Wildman–Crippen MR) is 131 cm³/mol. The third kappa shape index (κ3) is 4.59. The van der Waals surface area contributed by atoms with E-state index in [4.69, 9.17) is 0 Å². The van der Waals surface area contributed by atoms with Crippen LogP contribution in [0.4, 0.5) is 4.39 Å². The molecule has 34 heavy (non-hydrogen) atoms. The second-order valence-electron chi connectivity index (χ2n) is 8.16. The largest absolute Gasteiger partial charge is 0.355 e. The topological polar surface area (TPSA) is 80.6 Å². The fourth-order valence-corrected chi connectivity index (χ4v) is 4.97. The molecule has 0 saturated carbocycles. The minimum absolute atomic E-state index is 0.0808. The number of Topliss-reactive ketones (excluding diaryl/α,β-unsaturated/α-hetero) is 2. The Morgan fingerprint density at radius 1 is 1.06 bits per heavy atom. The quantitative estimate of drug-likeness (QED) is 0.263. The molecule has 1 N–H and O–H groups in total. The molecule has 2 heterocycles. The molecule has 2 aromatic heterocycles. The summed E-state index contributed by atoms with van der Waals surface area (Å²) in [5, 5.41) is 8.59. The third-order valence-corrected chi connectivity index (χ3v) is 6.78. The molecule has 1 unspecified atom stereocenters. The number of benzene rings is 2. The molecule has 8 heteroatoms. The van der Waals surface area contributed by atoms with E-state index < -0.39 is 5.25 Å². The highest BCUT2D eigenvalue weighted by Gasteiger charge is 2.27. The molecule has 0 fully saturated rings. The van der Waals surface area contributed by atoms with Crippen molar-refractivity contribution in [2.45, 2.75) is 44.6 Å². The lowest BCUT2D eigenvalue weighted by Crippen LogP contribution is -2.17. The van der Waals surface area contributed by atoms with Crippen molar-refractivity contribution < 1.29 is 14.0 Å². The molecular formula is C26H25FN4O2S. The molecule has 2 aromatic carbocycles. The zero-order valence-corrected chi connectivity index (χ0v) is 20.2. The fourth-order valence-electron chi connectivity index (χ4n) is 4.07. The first-order valence-electron chi connectivity index (χ1n) is 10.9. The number of thioether (sulfide) groups is 1. The lowest BCUT2D eigenvalue weighted by atomic mass is 10.0. The molecule has 0 bridgehead atoms. The maximum Gasteiger partial charge on any atom is 0.192 e. The molecule has 0 aliphatic heterocycles. The molecule has 4 rings (SSSR count). The van der Waals surface area contributed by atoms with E-state index in [1.54, 1.807) is 39.0 Å². The van der Waals surface area contributed by atoms with Gasteiger partial charge in [-0.25, -0.2) is 4.39 Å². The SMILES string of the molecule is CC(=O)c1c(C)[nH]c(C(=O)C(C)Sc2nnc(-c3ccccc3F)n2Cc2ccccc2)c1C. The van der Waals surface area contributed by atoms with E-state index in [2.05, 4.69) is 15.2 Å². The molecule has 6 nitrogen and oxygen atoms in total. The Labute approximate surface area is 201 Å². The third-order valence-electron chi connectivity index (χ3n) is 5.70. The van der Waals surface area contributed by atoms with Gasteiger partial charge in [-0.3, -0.25) is 14.2 Å². The number of halogens is 1. The second-order valence-corrected chi connectivity index (χ2v) is 9.47. The van der Waals surface area contributed by atoms with Gasteiger partial charge in [-0.2, -0.15) is 0 Å². The van der Waals surface area contributed by atoms with Gasteiger partial charge in [0.25, 0.3) is 0 Å². The van der Waals surface area contributed by atoms with Crippen LogP contribution in [0.5, 0.6) is 0 Å². The zero-order valence-electron chi connectivity index (χ0n) is 19.4. The highest BCUT2D eigenvalue weighted by Crippen LogP contribution is 2.31. The standard InChI is InChI=1S/C26H25FN4O2S/c1-15-22(17(3)32)16(2)28-23(15)24(33)18(4)34-26-30-29-25(20-12-8-9-13-21(20)27)31(26)14-19-10-6-5-7-11-19/h5-13,18,28H,14H2,1-4H3. The van der Waals surface area contributed by atoms with Gasteiger partial charge in [-0.1, -0.05) is 54.2 Å². The van der Waals surface area contributed by atoms with Gasteiger partial charge in [0.05, 0.1) is 23.1 Å². The van der Waals surface area contributed by atoms with Crippen molar-refractivity contribution >= 4 is 23.3 Å². The van der Waals surface area contributed by atoms with Gasteiger partial charge in [0.2, 0.25) is 0 Å². The Bertz CT molecular complexity index is 1360. The van der Waals surface area contributed by atoms with Crippen molar-refractivity contribution in [3.63, 3.8) is 0 Å². The smallest absolute Gasteiger partial charge is 0.192 e. The first-order valence-corrected chi connectivity index (χ1v) is 11.8. The van der Waals surface area contributed by atoms with E-state index in [0.29, 0.717) is 45.6 Å². The average Bonchev–Trinajstić information content (AvgIpc) is 3.33. The summed E-state index contributed by atoms with van der Waals surface area (Å²) in [5.41, 5.74) is 3.65. The predicted octanol–water partition coefficient (Wildman–Crippen LogP) is 5.64. The summed E-state index contributed by atoms with van der Waals surface area (Å²) in [4.78, 5) is 28.3. The Morgan fingerprint density at radius 2 is 1.74 bits per heavy atom. The summed E-state index contributed by atoms with van der Waals surface area (Å²) in [6, 6.07) is 16.2. The number of aryl methyl sites for hydroxylation is 1. The van der Waals surface area contributed by atoms with Gasteiger partial charge in [-0.15, -0.1) is 10.2 Å². The lowest BCUT2D eigenvalue weighted by molar-refractivity contribution is 0.0988. The summed E-state index contributed by atoms with van der Waals surface area (Å²) >= 11 is 1.26. The van der Waals surface area contributed by atoms with Crippen LogP contribution < -0.4 is 0 Å². The van der Waals surface area contributed by atoms with Crippen LogP contribution in [-0.2, 0) is 6.54 Å². The van der Waals surface area contributed by atoms with Crippen LogP contribution in [0, 0.1) is 19.7 Å². The van der Waals surface area contributed by atoms with Crippen molar-refractivity contribution in [3.8, 4) is 11.4 Å². The number of aromatic amines is 1. The van der Waals surface area contributed by atoms with Crippen molar-refractivity contribution in [1.82, 2.24) is 19.7 Å². The molecule has 0 aliphatic carbocycles. The van der Waals surface area contributed by atoms with Crippen molar-refractivity contribution in [2.24, 2.45) is 0 Å². The van der Waals surface area contributed by atoms with Gasteiger partial charge in [0, 0.05) is 11.3 Å². The molecule has 174 valence electrons. The molecule has 0 amide bonds. The number of hydrogen-bond acceptors (Lipinski definition) is 5. The number of nitrogens with zero attached hydrogens (tertiary/aromatic N) is 3. The highest BCUT2D eigenvalue weighted by molar-refractivity contribution is 8.00. The number of H-pyrrole nitrogens is 1. The van der Waals surface area contributed by atoms with Gasteiger partial charge < -0.3 is 4.98 Å². The van der Waals surface area contributed by atoms with Gasteiger partial charge in [0.1, 0.15) is 5.82 Å². The van der Waals surface area contributed by atoms with E-state index >= 15 is 0 Å². The van der Waals surface area contributed by atoms with E-state index in [9.17, 15) is 14.0 Å². The lowest BCUT2D eigenvalue weighted by Gasteiger charge is -2.13. The van der Waals surface area contributed by atoms with Gasteiger partial charge >= 0.3 is 0 Å². The summed E-state index contributed by atoms with van der Waals surface area (Å²) < 4.78 is 16.4. The Hall–Kier alpha value is -3.52. The summed E-state index contributed by atoms with van der Waals surface area (Å²) in [5.74, 6) is -0.212. The number of hydrogen-bond donors (Lipinski definition) is 1. The van der Waals surface area contributed by atoms with Crippen LogP contribution in [0.3, 0.4) is 0 Å². The molecular weight excluding hydrogens is 451 g/mol. The number of carbonyl (C=O) groups excluding carboxylic acids is 2. The molecule has 0 spiro atoms. The van der Waals surface area contributed by atoms with Crippen LogP contribution in [0.1, 0.15) is 51.5 Å². The maximum absolute atomic E-state index is 14.6. The number of rotatable bonds is 8. The van der Waals surface area contributed by atoms with Gasteiger partial charge in [-0.05, 0) is 51.0 Å². The minimum atomic E-state index is -0.510. The van der Waals surface area contributed by atoms with Crippen LogP contribution in [0.2, 0.25) is 0 Å². The zero-order chi connectivity index (χ0) is 24.4. The first kappa shape index (κ1) is 23.6. The van der Waals surface area contributed by atoms with Gasteiger partial charge in [0.15, 0.2) is 22.5 Å². The first-order chi connectivity index (χ1) is 16.3. The van der Waals surface area contributed by atoms with E-state index in [0.717, 1.165) is 5.56 Å². The summed E-state index contributed by atoms with van der Waals surface area (Å²) in [7, 11) is 0. The Morgan fingerprint density at radius 3 is 2.38 bits per heavy atom. The fraction of sp³-hybridized carbons (Fsp3) is 0.231. The summed E-state index contributed by atoms with van der Waals surface area (Å²) in [6.07, 6.45) is 0. The van der Waals surface area contributed by atoms with Crippen LogP contribution in [0.15, 0.2) is 59.8 Å².